The van der Waals surface area contributed by atoms with Gasteiger partial charge in [0.1, 0.15) is 0 Å². The summed E-state index contributed by atoms with van der Waals surface area (Å²) in [5, 5.41) is 9.51. The summed E-state index contributed by atoms with van der Waals surface area (Å²) in [5.41, 5.74) is -2.05. The van der Waals surface area contributed by atoms with Gasteiger partial charge < -0.3 is 10.6 Å². The van der Waals surface area contributed by atoms with Crippen LogP contribution in [0.5, 0.6) is 0 Å². The third kappa shape index (κ3) is 3.03. The predicted octanol–water partition coefficient (Wildman–Crippen LogP) is 3.84. The van der Waals surface area contributed by atoms with E-state index >= 15 is 0 Å². The first-order valence-electron chi connectivity index (χ1n) is 11.4. The second-order valence-electron chi connectivity index (χ2n) is 10.6. The van der Waals surface area contributed by atoms with Gasteiger partial charge in [0, 0.05) is 18.7 Å². The number of carbonyl (C=O) groups is 2. The van der Waals surface area contributed by atoms with E-state index in [0.717, 1.165) is 43.5 Å². The van der Waals surface area contributed by atoms with Crippen molar-refractivity contribution in [2.45, 2.75) is 70.6 Å². The molecular weight excluding hydrogens is 421 g/mol. The molecule has 9 heteroatoms. The van der Waals surface area contributed by atoms with Crippen LogP contribution in [0.15, 0.2) is 12.3 Å². The number of nitrogens with one attached hydrogen (secondary N) is 2. The largest absolute Gasteiger partial charge is 0.434 e. The summed E-state index contributed by atoms with van der Waals surface area (Å²) in [4.78, 5) is 24.6. The summed E-state index contributed by atoms with van der Waals surface area (Å²) in [7, 11) is 0. The van der Waals surface area contributed by atoms with Gasteiger partial charge in [-0.25, -0.2) is 4.68 Å². The fraction of sp³-hybridized carbons (Fsp3) is 0.696. The van der Waals surface area contributed by atoms with Crippen LogP contribution in [0, 0.1) is 29.1 Å². The molecule has 1 aromatic heterocycles. The monoisotopic (exact) mass is 450 g/mol. The van der Waals surface area contributed by atoms with Gasteiger partial charge >= 0.3 is 6.18 Å². The van der Waals surface area contributed by atoms with E-state index in [9.17, 15) is 22.8 Å². The van der Waals surface area contributed by atoms with Crippen molar-refractivity contribution in [1.82, 2.24) is 20.4 Å². The number of fused-ring (bicyclic) bond motifs is 1. The van der Waals surface area contributed by atoms with Gasteiger partial charge in [0.15, 0.2) is 5.69 Å². The van der Waals surface area contributed by atoms with Crippen LogP contribution in [0.25, 0.3) is 6.20 Å². The normalized spacial score (nSPS) is 34.8. The Bertz CT molecular complexity index is 998. The number of halogens is 3. The van der Waals surface area contributed by atoms with Crippen molar-refractivity contribution in [1.29, 1.82) is 0 Å². The van der Waals surface area contributed by atoms with Crippen LogP contribution in [0.3, 0.4) is 0 Å². The molecule has 5 rings (SSSR count). The fourth-order valence-electron chi connectivity index (χ4n) is 7.15. The first-order valence-corrected chi connectivity index (χ1v) is 11.4. The Labute approximate surface area is 185 Å². The van der Waals surface area contributed by atoms with Crippen molar-refractivity contribution >= 4 is 18.0 Å². The molecule has 174 valence electrons. The quantitative estimate of drug-likeness (QED) is 0.692. The Balaban J connectivity index is 1.36. The van der Waals surface area contributed by atoms with Crippen molar-refractivity contribution in [3.63, 3.8) is 0 Å². The lowest BCUT2D eigenvalue weighted by Gasteiger charge is -2.67. The first kappa shape index (κ1) is 21.5. The molecule has 1 spiro atoms. The lowest BCUT2D eigenvalue weighted by Crippen LogP contribution is -2.65. The maximum absolute atomic E-state index is 13.9. The summed E-state index contributed by atoms with van der Waals surface area (Å²) < 4.78 is 42.4. The van der Waals surface area contributed by atoms with Gasteiger partial charge in [-0.1, -0.05) is 6.92 Å². The fourth-order valence-corrected chi connectivity index (χ4v) is 7.15. The Morgan fingerprint density at radius 3 is 2.59 bits per heavy atom. The zero-order valence-corrected chi connectivity index (χ0v) is 18.5. The molecule has 2 amide bonds. The van der Waals surface area contributed by atoms with Crippen molar-refractivity contribution in [2.24, 2.45) is 29.1 Å². The standard InChI is InChI=1S/C23H29F3N4O2/c1-4-17(31)29-21(2,3)5-6-30-19(23(24,25)26)15(11-27-30)20(32)28-18-12-7-13-8-14-9-16(18)22(13,14)10-12/h5-6,11-14,16,18H,4,7-10H2,1-3H3,(H,28,32)(H,29,31)/b6-5+/t12?,13?,14?,16?,18-,22?/m1/s1. The number of rotatable bonds is 6. The van der Waals surface area contributed by atoms with E-state index in [0.29, 0.717) is 21.9 Å². The van der Waals surface area contributed by atoms with Gasteiger partial charge in [0.25, 0.3) is 5.91 Å². The van der Waals surface area contributed by atoms with Gasteiger partial charge in [-0.3, -0.25) is 9.59 Å². The van der Waals surface area contributed by atoms with Crippen LogP contribution in [0.1, 0.15) is 68.9 Å². The molecule has 0 radical (unpaired) electrons. The zero-order valence-electron chi connectivity index (χ0n) is 18.5. The number of hydrogen-bond acceptors (Lipinski definition) is 3. The number of alkyl halides is 3. The molecule has 1 heterocycles. The van der Waals surface area contributed by atoms with Gasteiger partial charge in [-0.15, -0.1) is 0 Å². The van der Waals surface area contributed by atoms with Crippen LogP contribution in [0.4, 0.5) is 13.2 Å². The molecule has 32 heavy (non-hydrogen) atoms. The van der Waals surface area contributed by atoms with Gasteiger partial charge in [-0.2, -0.15) is 18.3 Å². The van der Waals surface area contributed by atoms with Crippen molar-refractivity contribution in [3.8, 4) is 0 Å². The molecule has 4 fully saturated rings. The Morgan fingerprint density at radius 1 is 1.25 bits per heavy atom. The molecule has 4 aliphatic carbocycles. The van der Waals surface area contributed by atoms with E-state index in [2.05, 4.69) is 15.7 Å². The molecule has 0 saturated heterocycles. The first-order chi connectivity index (χ1) is 15.0. The maximum atomic E-state index is 13.9. The Hall–Kier alpha value is -2.32. The summed E-state index contributed by atoms with van der Waals surface area (Å²) >= 11 is 0. The number of carbonyl (C=O) groups excluding carboxylic acids is 2. The average molecular weight is 451 g/mol. The van der Waals surface area contributed by atoms with E-state index in [4.69, 9.17) is 0 Å². The van der Waals surface area contributed by atoms with E-state index in [-0.39, 0.29) is 18.4 Å². The highest BCUT2D eigenvalue weighted by Crippen LogP contribution is 2.81. The molecule has 6 nitrogen and oxygen atoms in total. The second-order valence-corrected chi connectivity index (χ2v) is 10.6. The van der Waals surface area contributed by atoms with Crippen LogP contribution in [-0.4, -0.2) is 33.2 Å². The molecule has 1 aromatic rings. The molecule has 0 aromatic carbocycles. The van der Waals surface area contributed by atoms with Gasteiger partial charge in [0.05, 0.1) is 17.3 Å². The molecule has 2 bridgehead atoms. The van der Waals surface area contributed by atoms with Crippen molar-refractivity contribution in [3.05, 3.63) is 23.5 Å². The zero-order chi connectivity index (χ0) is 23.1. The molecule has 0 aliphatic heterocycles. The summed E-state index contributed by atoms with van der Waals surface area (Å²) in [6.45, 7) is 5.05. The topological polar surface area (TPSA) is 76.0 Å². The molecule has 6 atom stereocenters. The summed E-state index contributed by atoms with van der Waals surface area (Å²) in [6.07, 6.45) is 3.68. The van der Waals surface area contributed by atoms with E-state index in [1.165, 1.54) is 12.5 Å². The number of hydrogen-bond donors (Lipinski definition) is 2. The second kappa shape index (κ2) is 6.84. The minimum Gasteiger partial charge on any atom is -0.349 e. The number of aromatic nitrogens is 2. The maximum Gasteiger partial charge on any atom is 0.434 e. The Kier molecular flexibility index (Phi) is 4.60. The third-order valence-corrected chi connectivity index (χ3v) is 8.48. The molecule has 4 saturated carbocycles. The summed E-state index contributed by atoms with van der Waals surface area (Å²) in [6, 6.07) is -0.0292. The van der Waals surface area contributed by atoms with Gasteiger partial charge in [-0.05, 0) is 74.7 Å². The van der Waals surface area contributed by atoms with Crippen LogP contribution < -0.4 is 10.6 Å². The minimum atomic E-state index is -4.75. The molecule has 4 aliphatic rings. The highest BCUT2D eigenvalue weighted by Gasteiger charge is 2.76. The highest BCUT2D eigenvalue weighted by molar-refractivity contribution is 5.95. The van der Waals surface area contributed by atoms with Crippen LogP contribution >= 0.6 is 0 Å². The molecular formula is C23H29F3N4O2. The highest BCUT2D eigenvalue weighted by atomic mass is 19.4. The predicted molar refractivity (Wildman–Crippen MR) is 111 cm³/mol. The van der Waals surface area contributed by atoms with Gasteiger partial charge in [0.2, 0.25) is 5.91 Å². The average Bonchev–Trinajstić information content (AvgIpc) is 3.34. The minimum absolute atomic E-state index is 0.0292. The van der Waals surface area contributed by atoms with Crippen LogP contribution in [0.2, 0.25) is 0 Å². The van der Waals surface area contributed by atoms with E-state index in [1.54, 1.807) is 20.8 Å². The third-order valence-electron chi connectivity index (χ3n) is 8.48. The SMILES string of the molecule is CCC(=O)NC(C)(C)/C=C/n1ncc(C(=O)N[C@@H]2C3CC4CC5CC2C45C3)c1C(F)(F)F. The van der Waals surface area contributed by atoms with Crippen LogP contribution in [-0.2, 0) is 11.0 Å². The van der Waals surface area contributed by atoms with E-state index < -0.39 is 28.9 Å². The molecule has 2 N–H and O–H groups in total. The van der Waals surface area contributed by atoms with E-state index in [1.807, 2.05) is 0 Å². The lowest BCUT2D eigenvalue weighted by molar-refractivity contribution is -0.182. The number of nitrogens with zero attached hydrogens (tertiary/aromatic N) is 2. The van der Waals surface area contributed by atoms with Crippen molar-refractivity contribution in [2.75, 3.05) is 0 Å². The lowest BCUT2D eigenvalue weighted by atomic mass is 9.38. The smallest absolute Gasteiger partial charge is 0.349 e. The summed E-state index contributed by atoms with van der Waals surface area (Å²) in [5.74, 6) is 1.41. The Morgan fingerprint density at radius 2 is 1.97 bits per heavy atom. The molecule has 5 unspecified atom stereocenters. The van der Waals surface area contributed by atoms with Crippen molar-refractivity contribution < 1.29 is 22.8 Å². The number of amides is 2.